The molecule has 17 heavy (non-hydrogen) atoms. The molecule has 0 saturated heterocycles. The minimum Gasteiger partial charge on any atom is -0.314 e. The minimum absolute atomic E-state index is 0.552. The van der Waals surface area contributed by atoms with Crippen LogP contribution < -0.4 is 5.32 Å². The van der Waals surface area contributed by atoms with Crippen LogP contribution in [-0.2, 0) is 6.42 Å². The van der Waals surface area contributed by atoms with Crippen LogP contribution in [0.4, 0.5) is 0 Å². The quantitative estimate of drug-likeness (QED) is 0.764. The molecule has 2 unspecified atom stereocenters. The first-order valence-electron chi connectivity index (χ1n) is 6.65. The van der Waals surface area contributed by atoms with Gasteiger partial charge in [-0.3, -0.25) is 0 Å². The van der Waals surface area contributed by atoms with Gasteiger partial charge in [-0.2, -0.15) is 0 Å². The van der Waals surface area contributed by atoms with E-state index in [1.54, 1.807) is 0 Å². The highest BCUT2D eigenvalue weighted by molar-refractivity contribution is 6.31. The van der Waals surface area contributed by atoms with E-state index in [0.717, 1.165) is 18.0 Å². The van der Waals surface area contributed by atoms with Gasteiger partial charge in [0.1, 0.15) is 0 Å². The molecule has 1 aromatic rings. The van der Waals surface area contributed by atoms with Crippen molar-refractivity contribution in [2.45, 2.75) is 46.1 Å². The predicted octanol–water partition coefficient (Wildman–Crippen LogP) is 4.30. The molecule has 0 aromatic heterocycles. The van der Waals surface area contributed by atoms with Gasteiger partial charge in [-0.15, -0.1) is 0 Å². The third-order valence-electron chi connectivity index (χ3n) is 3.39. The third kappa shape index (κ3) is 4.69. The molecule has 0 amide bonds. The summed E-state index contributed by atoms with van der Waals surface area (Å²) in [5, 5.41) is 4.48. The second kappa shape index (κ2) is 7.73. The Labute approximate surface area is 111 Å². The van der Waals surface area contributed by atoms with Gasteiger partial charge < -0.3 is 5.32 Å². The van der Waals surface area contributed by atoms with Gasteiger partial charge in [0.25, 0.3) is 0 Å². The summed E-state index contributed by atoms with van der Waals surface area (Å²) in [4.78, 5) is 0. The highest BCUT2D eigenvalue weighted by Crippen LogP contribution is 2.22. The van der Waals surface area contributed by atoms with E-state index in [-0.39, 0.29) is 0 Å². The minimum atomic E-state index is 0.552. The molecular weight excluding hydrogens is 230 g/mol. The molecule has 2 atom stereocenters. The Hall–Kier alpha value is -0.530. The van der Waals surface area contributed by atoms with Crippen molar-refractivity contribution in [2.75, 3.05) is 6.54 Å². The molecule has 1 aromatic carbocycles. The molecule has 1 N–H and O–H groups in total. The smallest absolute Gasteiger partial charge is 0.0438 e. The second-order valence-corrected chi connectivity index (χ2v) is 5.11. The first-order chi connectivity index (χ1) is 8.19. The maximum atomic E-state index is 6.21. The van der Waals surface area contributed by atoms with Crippen molar-refractivity contribution in [2.24, 2.45) is 5.92 Å². The average Bonchev–Trinajstić information content (AvgIpc) is 2.35. The summed E-state index contributed by atoms with van der Waals surface area (Å²) in [6.45, 7) is 7.83. The number of hydrogen-bond acceptors (Lipinski definition) is 1. The van der Waals surface area contributed by atoms with Crippen LogP contribution in [0.25, 0.3) is 0 Å². The van der Waals surface area contributed by atoms with Crippen LogP contribution in [0.15, 0.2) is 24.3 Å². The summed E-state index contributed by atoms with van der Waals surface area (Å²) < 4.78 is 0. The van der Waals surface area contributed by atoms with Crippen LogP contribution in [0.5, 0.6) is 0 Å². The summed E-state index contributed by atoms with van der Waals surface area (Å²) in [6, 6.07) is 8.73. The predicted molar refractivity (Wildman–Crippen MR) is 76.7 cm³/mol. The van der Waals surface area contributed by atoms with Crippen molar-refractivity contribution in [3.05, 3.63) is 34.9 Å². The molecule has 96 valence electrons. The van der Waals surface area contributed by atoms with Crippen molar-refractivity contribution in [1.82, 2.24) is 5.32 Å². The standard InChI is InChI=1S/C15H24ClN/c1-4-10-17-12(3)13(5-2)11-14-8-6-7-9-15(14)16/h6-9,12-13,17H,4-5,10-11H2,1-3H3. The Bertz CT molecular complexity index is 324. The lowest BCUT2D eigenvalue weighted by Crippen LogP contribution is -2.34. The van der Waals surface area contributed by atoms with Gasteiger partial charge in [-0.1, -0.05) is 50.1 Å². The van der Waals surface area contributed by atoms with Gasteiger partial charge in [-0.25, -0.2) is 0 Å². The molecular formula is C15H24ClN. The van der Waals surface area contributed by atoms with Gasteiger partial charge in [0.05, 0.1) is 0 Å². The van der Waals surface area contributed by atoms with E-state index in [1.807, 2.05) is 12.1 Å². The SMILES string of the molecule is CCCNC(C)C(CC)Cc1ccccc1Cl. The lowest BCUT2D eigenvalue weighted by molar-refractivity contribution is 0.362. The van der Waals surface area contributed by atoms with E-state index >= 15 is 0 Å². The van der Waals surface area contributed by atoms with Gasteiger partial charge in [0.2, 0.25) is 0 Å². The molecule has 0 aliphatic rings. The second-order valence-electron chi connectivity index (χ2n) is 4.71. The molecule has 0 bridgehead atoms. The van der Waals surface area contributed by atoms with Crippen molar-refractivity contribution in [1.29, 1.82) is 0 Å². The zero-order chi connectivity index (χ0) is 12.7. The van der Waals surface area contributed by atoms with Crippen molar-refractivity contribution in [3.63, 3.8) is 0 Å². The monoisotopic (exact) mass is 253 g/mol. The first-order valence-corrected chi connectivity index (χ1v) is 7.03. The number of hydrogen-bond donors (Lipinski definition) is 1. The van der Waals surface area contributed by atoms with E-state index in [1.165, 1.54) is 18.4 Å². The van der Waals surface area contributed by atoms with E-state index in [9.17, 15) is 0 Å². The van der Waals surface area contributed by atoms with Crippen LogP contribution in [0, 0.1) is 5.92 Å². The Morgan fingerprint density at radius 1 is 1.24 bits per heavy atom. The first kappa shape index (κ1) is 14.5. The van der Waals surface area contributed by atoms with E-state index < -0.39 is 0 Å². The van der Waals surface area contributed by atoms with Crippen LogP contribution in [0.3, 0.4) is 0 Å². The lowest BCUT2D eigenvalue weighted by Gasteiger charge is -2.24. The molecule has 0 radical (unpaired) electrons. The van der Waals surface area contributed by atoms with Crippen LogP contribution in [0.1, 0.15) is 39.2 Å². The number of benzene rings is 1. The van der Waals surface area contributed by atoms with E-state index in [4.69, 9.17) is 11.6 Å². The molecule has 1 rings (SSSR count). The molecule has 0 aliphatic heterocycles. The zero-order valence-electron chi connectivity index (χ0n) is 11.2. The fourth-order valence-corrected chi connectivity index (χ4v) is 2.37. The molecule has 0 fully saturated rings. The summed E-state index contributed by atoms with van der Waals surface area (Å²) in [6.07, 6.45) is 3.43. The summed E-state index contributed by atoms with van der Waals surface area (Å²) in [7, 11) is 0. The lowest BCUT2D eigenvalue weighted by atomic mass is 9.90. The summed E-state index contributed by atoms with van der Waals surface area (Å²) >= 11 is 6.21. The van der Waals surface area contributed by atoms with Gasteiger partial charge in [0, 0.05) is 11.1 Å². The summed E-state index contributed by atoms with van der Waals surface area (Å²) in [5.74, 6) is 0.654. The van der Waals surface area contributed by atoms with Crippen LogP contribution in [0.2, 0.25) is 5.02 Å². The molecule has 0 spiro atoms. The maximum Gasteiger partial charge on any atom is 0.0438 e. The average molecular weight is 254 g/mol. The van der Waals surface area contributed by atoms with E-state index in [2.05, 4.69) is 38.2 Å². The topological polar surface area (TPSA) is 12.0 Å². The molecule has 0 saturated carbocycles. The third-order valence-corrected chi connectivity index (χ3v) is 3.76. The molecule has 0 heterocycles. The van der Waals surface area contributed by atoms with Crippen molar-refractivity contribution < 1.29 is 0 Å². The zero-order valence-corrected chi connectivity index (χ0v) is 11.9. The normalized spacial score (nSPS) is 14.6. The van der Waals surface area contributed by atoms with Gasteiger partial charge in [-0.05, 0) is 43.9 Å². The number of rotatable bonds is 7. The van der Waals surface area contributed by atoms with Gasteiger partial charge >= 0.3 is 0 Å². The van der Waals surface area contributed by atoms with E-state index in [0.29, 0.717) is 12.0 Å². The summed E-state index contributed by atoms with van der Waals surface area (Å²) in [5.41, 5.74) is 1.27. The van der Waals surface area contributed by atoms with Crippen molar-refractivity contribution >= 4 is 11.6 Å². The largest absolute Gasteiger partial charge is 0.314 e. The van der Waals surface area contributed by atoms with Gasteiger partial charge in [0.15, 0.2) is 0 Å². The number of halogens is 1. The fourth-order valence-electron chi connectivity index (χ4n) is 2.16. The Kier molecular flexibility index (Phi) is 6.61. The molecule has 0 aliphatic carbocycles. The van der Waals surface area contributed by atoms with Crippen LogP contribution >= 0.6 is 11.6 Å². The Balaban J connectivity index is 2.60. The highest BCUT2D eigenvalue weighted by atomic mass is 35.5. The highest BCUT2D eigenvalue weighted by Gasteiger charge is 2.16. The fraction of sp³-hybridized carbons (Fsp3) is 0.600. The molecule has 1 nitrogen and oxygen atoms in total. The maximum absolute atomic E-state index is 6.21. The molecule has 2 heteroatoms. The van der Waals surface area contributed by atoms with Crippen molar-refractivity contribution in [3.8, 4) is 0 Å². The number of nitrogens with one attached hydrogen (secondary N) is 1. The Morgan fingerprint density at radius 3 is 2.53 bits per heavy atom. The van der Waals surface area contributed by atoms with Crippen LogP contribution in [-0.4, -0.2) is 12.6 Å². The Morgan fingerprint density at radius 2 is 1.94 bits per heavy atom.